The van der Waals surface area contributed by atoms with E-state index in [1.165, 1.54) is 9.80 Å². The van der Waals surface area contributed by atoms with Crippen molar-refractivity contribution in [1.82, 2.24) is 20.4 Å². The summed E-state index contributed by atoms with van der Waals surface area (Å²) in [4.78, 5) is 54.0. The number of rotatable bonds is 4. The fraction of sp³-hybridized carbons (Fsp3) is 0.769. The minimum Gasteiger partial charge on any atom is -0.445 e. The molecule has 10 heteroatoms. The first-order chi connectivity index (χ1) is 16.7. The van der Waals surface area contributed by atoms with Crippen molar-refractivity contribution in [3.05, 3.63) is 12.2 Å². The molecule has 0 aliphatic carbocycles. The van der Waals surface area contributed by atoms with Gasteiger partial charge in [0.15, 0.2) is 11.6 Å². The molecular weight excluding hydrogens is 464 g/mol. The number of nitrogens with one attached hydrogen (secondary N) is 2. The molecule has 1 heterocycles. The molecule has 0 aromatic rings. The van der Waals surface area contributed by atoms with Crippen molar-refractivity contribution in [2.75, 3.05) is 46.9 Å². The molecule has 2 amide bonds. The number of hydrogen-bond donors (Lipinski definition) is 2. The number of amides is 2. The normalized spacial score (nSPS) is 27.6. The van der Waals surface area contributed by atoms with Gasteiger partial charge in [-0.25, -0.2) is 9.59 Å². The van der Waals surface area contributed by atoms with Crippen LogP contribution in [0.3, 0.4) is 0 Å². The minimum absolute atomic E-state index is 0.0119. The van der Waals surface area contributed by atoms with E-state index in [0.29, 0.717) is 25.8 Å². The van der Waals surface area contributed by atoms with Crippen molar-refractivity contribution < 1.29 is 28.7 Å². The van der Waals surface area contributed by atoms with Gasteiger partial charge in [-0.1, -0.05) is 13.8 Å². The zero-order chi connectivity index (χ0) is 27.5. The lowest BCUT2D eigenvalue weighted by Gasteiger charge is -2.36. The van der Waals surface area contributed by atoms with Crippen LogP contribution in [0.2, 0.25) is 0 Å². The maximum absolute atomic E-state index is 13.5. The molecule has 0 aromatic heterocycles. The largest absolute Gasteiger partial charge is 0.445 e. The molecule has 206 valence electrons. The Hall–Kier alpha value is -2.46. The molecule has 0 saturated carbocycles. The first-order valence-corrected chi connectivity index (χ1v) is 12.7. The van der Waals surface area contributed by atoms with Crippen molar-refractivity contribution in [2.24, 2.45) is 5.92 Å². The smallest absolute Gasteiger partial charge is 0.409 e. The molecule has 36 heavy (non-hydrogen) atoms. The topological polar surface area (TPSA) is 117 Å². The SMILES string of the molecule is CC(C)N[C@]1(C)CCCN(C)C(=O)OC/C=C/COC(=O)N(C)CC[C@@](C)(C(=O)C(C)C)NCC1=O. The van der Waals surface area contributed by atoms with Crippen LogP contribution >= 0.6 is 0 Å². The Morgan fingerprint density at radius 2 is 1.47 bits per heavy atom. The molecule has 10 nitrogen and oxygen atoms in total. The van der Waals surface area contributed by atoms with Gasteiger partial charge in [0.25, 0.3) is 0 Å². The number of Topliss-reactive ketones (excluding diaryl/α,β-unsaturated/α-hetero) is 2. The molecule has 0 aromatic carbocycles. The Bertz CT molecular complexity index is 799. The average Bonchev–Trinajstić information content (AvgIpc) is 2.80. The van der Waals surface area contributed by atoms with Gasteiger partial charge in [-0.05, 0) is 59.1 Å². The Kier molecular flexibility index (Phi) is 12.6. The highest BCUT2D eigenvalue weighted by Gasteiger charge is 2.38. The van der Waals surface area contributed by atoms with Crippen LogP contribution in [-0.4, -0.2) is 97.6 Å². The lowest BCUT2D eigenvalue weighted by atomic mass is 9.84. The van der Waals surface area contributed by atoms with Gasteiger partial charge in [-0.15, -0.1) is 0 Å². The molecule has 2 atom stereocenters. The number of carbonyl (C=O) groups excluding carboxylic acids is 4. The molecule has 1 rings (SSSR count). The second-order valence-electron chi connectivity index (χ2n) is 10.6. The second-order valence-corrected chi connectivity index (χ2v) is 10.6. The molecule has 0 saturated heterocycles. The van der Waals surface area contributed by atoms with E-state index in [0.717, 1.165) is 0 Å². The summed E-state index contributed by atoms with van der Waals surface area (Å²) in [5.74, 6) is -0.349. The van der Waals surface area contributed by atoms with Gasteiger partial charge in [-0.3, -0.25) is 14.9 Å². The summed E-state index contributed by atoms with van der Waals surface area (Å²) in [6, 6.07) is 0.0577. The standard InChI is InChI=1S/C26H46N4O6/c1-19(2)22(32)26(6)13-15-30(8)24(34)36-17-10-9-16-35-23(33)29(7)14-11-12-25(5,28-20(3)4)21(31)18-27-26/h9-10,19-20,27-28H,11-18H2,1-8H3/b10-9+/t25-,26+/m1/s1. The van der Waals surface area contributed by atoms with E-state index in [1.807, 2.05) is 34.6 Å². The number of cyclic esters (lactones) is 2. The van der Waals surface area contributed by atoms with Gasteiger partial charge < -0.3 is 24.6 Å². The van der Waals surface area contributed by atoms with Crippen molar-refractivity contribution in [3.63, 3.8) is 0 Å². The Balaban J connectivity index is 3.18. The summed E-state index contributed by atoms with van der Waals surface area (Å²) in [6.45, 7) is 12.0. The van der Waals surface area contributed by atoms with E-state index >= 15 is 0 Å². The Morgan fingerprint density at radius 1 is 0.944 bits per heavy atom. The number of ether oxygens (including phenoxy) is 2. The van der Waals surface area contributed by atoms with Crippen LogP contribution < -0.4 is 10.6 Å². The Labute approximate surface area is 216 Å². The summed E-state index contributed by atoms with van der Waals surface area (Å²) in [6.07, 6.45) is 3.64. The fourth-order valence-corrected chi connectivity index (χ4v) is 4.17. The van der Waals surface area contributed by atoms with Crippen LogP contribution in [0.25, 0.3) is 0 Å². The van der Waals surface area contributed by atoms with Crippen LogP contribution in [-0.2, 0) is 19.1 Å². The number of hydrogen-bond acceptors (Lipinski definition) is 8. The van der Waals surface area contributed by atoms with Crippen molar-refractivity contribution in [3.8, 4) is 0 Å². The van der Waals surface area contributed by atoms with Gasteiger partial charge in [0.2, 0.25) is 0 Å². The highest BCUT2D eigenvalue weighted by Crippen LogP contribution is 2.20. The van der Waals surface area contributed by atoms with Crippen LogP contribution in [0.5, 0.6) is 0 Å². The van der Waals surface area contributed by atoms with Crippen molar-refractivity contribution in [2.45, 2.75) is 77.9 Å². The van der Waals surface area contributed by atoms with Crippen LogP contribution in [0.4, 0.5) is 9.59 Å². The molecule has 0 spiro atoms. The van der Waals surface area contributed by atoms with Gasteiger partial charge >= 0.3 is 12.2 Å². The summed E-state index contributed by atoms with van der Waals surface area (Å²) < 4.78 is 10.4. The molecule has 0 bridgehead atoms. The Morgan fingerprint density at radius 3 is 1.97 bits per heavy atom. The van der Waals surface area contributed by atoms with E-state index in [-0.39, 0.29) is 49.8 Å². The molecule has 2 N–H and O–H groups in total. The second kappa shape index (κ2) is 14.3. The zero-order valence-corrected chi connectivity index (χ0v) is 23.3. The highest BCUT2D eigenvalue weighted by molar-refractivity contribution is 5.93. The quantitative estimate of drug-likeness (QED) is 0.555. The molecule has 0 unspecified atom stereocenters. The molecule has 1 aliphatic heterocycles. The van der Waals surface area contributed by atoms with Crippen LogP contribution in [0, 0.1) is 5.92 Å². The van der Waals surface area contributed by atoms with Gasteiger partial charge in [0.05, 0.1) is 17.6 Å². The van der Waals surface area contributed by atoms with E-state index in [4.69, 9.17) is 9.47 Å². The zero-order valence-electron chi connectivity index (χ0n) is 23.3. The summed E-state index contributed by atoms with van der Waals surface area (Å²) in [5.41, 5.74) is -1.85. The highest BCUT2D eigenvalue weighted by atomic mass is 16.6. The van der Waals surface area contributed by atoms with Gasteiger partial charge in [0, 0.05) is 39.1 Å². The summed E-state index contributed by atoms with van der Waals surface area (Å²) in [5, 5.41) is 6.59. The van der Waals surface area contributed by atoms with Gasteiger partial charge in [-0.2, -0.15) is 0 Å². The first-order valence-electron chi connectivity index (χ1n) is 12.7. The predicted octanol–water partition coefficient (Wildman–Crippen LogP) is 2.76. The molecule has 0 fully saturated rings. The van der Waals surface area contributed by atoms with Crippen molar-refractivity contribution in [1.29, 1.82) is 0 Å². The first kappa shape index (κ1) is 31.6. The number of carbonyl (C=O) groups is 4. The molecular formula is C26H46N4O6. The average molecular weight is 511 g/mol. The van der Waals surface area contributed by atoms with Crippen molar-refractivity contribution >= 4 is 23.8 Å². The van der Waals surface area contributed by atoms with Crippen LogP contribution in [0.1, 0.15) is 60.8 Å². The molecule has 1 aliphatic rings. The third-order valence-electron chi connectivity index (χ3n) is 6.44. The lowest BCUT2D eigenvalue weighted by molar-refractivity contribution is -0.129. The summed E-state index contributed by atoms with van der Waals surface area (Å²) >= 11 is 0. The minimum atomic E-state index is -0.998. The van der Waals surface area contributed by atoms with E-state index in [2.05, 4.69) is 10.6 Å². The lowest BCUT2D eigenvalue weighted by Crippen LogP contribution is -2.59. The maximum Gasteiger partial charge on any atom is 0.409 e. The van der Waals surface area contributed by atoms with E-state index in [1.54, 1.807) is 33.2 Å². The van der Waals surface area contributed by atoms with Gasteiger partial charge in [0.1, 0.15) is 13.2 Å². The number of ketones is 2. The monoisotopic (exact) mass is 510 g/mol. The third kappa shape index (κ3) is 9.89. The van der Waals surface area contributed by atoms with E-state index < -0.39 is 23.3 Å². The van der Waals surface area contributed by atoms with Crippen LogP contribution in [0.15, 0.2) is 12.2 Å². The predicted molar refractivity (Wildman–Crippen MR) is 139 cm³/mol. The third-order valence-corrected chi connectivity index (χ3v) is 6.44. The molecule has 0 radical (unpaired) electrons. The summed E-state index contributed by atoms with van der Waals surface area (Å²) in [7, 11) is 3.25. The maximum atomic E-state index is 13.5. The fourth-order valence-electron chi connectivity index (χ4n) is 4.17. The van der Waals surface area contributed by atoms with E-state index in [9.17, 15) is 19.2 Å². The number of nitrogens with zero attached hydrogens (tertiary/aromatic N) is 2.